The number of nitrogens with zero attached hydrogens (tertiary/aromatic N) is 3. The van der Waals surface area contributed by atoms with Gasteiger partial charge in [0.1, 0.15) is 0 Å². The van der Waals surface area contributed by atoms with Gasteiger partial charge in [0, 0.05) is 17.0 Å². The smallest absolute Gasteiger partial charge is 0.263 e. The monoisotopic (exact) mass is 340 g/mol. The molecule has 0 saturated carbocycles. The molecule has 1 atom stereocenters. The van der Waals surface area contributed by atoms with Crippen LogP contribution in [0.5, 0.6) is 0 Å². The fraction of sp³-hybridized carbons (Fsp3) is 0.333. The molecule has 124 valence electrons. The van der Waals surface area contributed by atoms with Crippen molar-refractivity contribution in [3.05, 3.63) is 52.7 Å². The lowest BCUT2D eigenvalue weighted by molar-refractivity contribution is 0.259. The molecule has 0 bridgehead atoms. The van der Waals surface area contributed by atoms with Crippen LogP contribution in [0.15, 0.2) is 52.4 Å². The highest BCUT2D eigenvalue weighted by atomic mass is 32.1. The molecule has 4 rings (SSSR count). The van der Waals surface area contributed by atoms with Crippen molar-refractivity contribution >= 4 is 17.3 Å². The number of rotatable bonds is 6. The van der Waals surface area contributed by atoms with Gasteiger partial charge in [-0.3, -0.25) is 4.90 Å². The Kier molecular flexibility index (Phi) is 4.57. The molecule has 1 N–H and O–H groups in total. The topological polar surface area (TPSA) is 54.2 Å². The number of aromatic nitrogens is 2. The van der Waals surface area contributed by atoms with Crippen molar-refractivity contribution < 1.29 is 4.52 Å². The van der Waals surface area contributed by atoms with Gasteiger partial charge >= 0.3 is 0 Å². The van der Waals surface area contributed by atoms with E-state index < -0.39 is 0 Å². The van der Waals surface area contributed by atoms with Crippen molar-refractivity contribution in [1.82, 2.24) is 15.0 Å². The standard InChI is InChI=1S/C18H20N4OS/c1-2-7-14(8-3-1)17-20-18(21-23-17)19-13-15(16-9-6-12-24-16)22-10-4-5-11-22/h1-3,6-9,12,15H,4-5,10-11,13H2,(H,19,21). The van der Waals surface area contributed by atoms with E-state index in [0.29, 0.717) is 17.9 Å². The van der Waals surface area contributed by atoms with E-state index >= 15 is 0 Å². The second-order valence-corrected chi connectivity index (χ2v) is 6.92. The SMILES string of the molecule is c1ccc(-c2nc(NCC(c3cccs3)N3CCCC3)no2)cc1. The molecule has 1 aromatic carbocycles. The molecular formula is C18H20N4OS. The molecule has 1 aliphatic heterocycles. The van der Waals surface area contributed by atoms with Crippen molar-refractivity contribution in [1.29, 1.82) is 0 Å². The van der Waals surface area contributed by atoms with Gasteiger partial charge in [-0.05, 0) is 54.7 Å². The lowest BCUT2D eigenvalue weighted by atomic mass is 10.2. The van der Waals surface area contributed by atoms with Crippen molar-refractivity contribution in [3.8, 4) is 11.5 Å². The third kappa shape index (κ3) is 3.34. The van der Waals surface area contributed by atoms with E-state index in [4.69, 9.17) is 4.52 Å². The van der Waals surface area contributed by atoms with Crippen LogP contribution in [0.1, 0.15) is 23.8 Å². The quantitative estimate of drug-likeness (QED) is 0.734. The van der Waals surface area contributed by atoms with Crippen LogP contribution in [-0.4, -0.2) is 34.7 Å². The lowest BCUT2D eigenvalue weighted by Crippen LogP contribution is -2.30. The number of likely N-dealkylation sites (tertiary alicyclic amines) is 1. The Balaban J connectivity index is 1.45. The van der Waals surface area contributed by atoms with Crippen LogP contribution in [0.25, 0.3) is 11.5 Å². The first-order valence-corrected chi connectivity index (χ1v) is 9.18. The van der Waals surface area contributed by atoms with E-state index in [-0.39, 0.29) is 0 Å². The maximum absolute atomic E-state index is 5.36. The molecule has 5 nitrogen and oxygen atoms in total. The Morgan fingerprint density at radius 2 is 1.96 bits per heavy atom. The molecule has 24 heavy (non-hydrogen) atoms. The van der Waals surface area contributed by atoms with Gasteiger partial charge in [-0.1, -0.05) is 24.3 Å². The molecule has 1 saturated heterocycles. The largest absolute Gasteiger partial charge is 0.350 e. The maximum Gasteiger partial charge on any atom is 0.263 e. The summed E-state index contributed by atoms with van der Waals surface area (Å²) >= 11 is 1.81. The molecule has 1 aliphatic rings. The van der Waals surface area contributed by atoms with E-state index in [0.717, 1.165) is 25.2 Å². The van der Waals surface area contributed by atoms with Crippen LogP contribution in [0.2, 0.25) is 0 Å². The predicted octanol–water partition coefficient (Wildman–Crippen LogP) is 4.05. The first-order chi connectivity index (χ1) is 11.9. The van der Waals surface area contributed by atoms with Gasteiger partial charge in [-0.2, -0.15) is 4.98 Å². The first kappa shape index (κ1) is 15.4. The minimum Gasteiger partial charge on any atom is -0.350 e. The molecule has 1 unspecified atom stereocenters. The molecule has 0 amide bonds. The fourth-order valence-corrected chi connectivity index (χ4v) is 3.99. The minimum absolute atomic E-state index is 0.367. The summed E-state index contributed by atoms with van der Waals surface area (Å²) in [5.74, 6) is 1.10. The summed E-state index contributed by atoms with van der Waals surface area (Å²) in [7, 11) is 0. The van der Waals surface area contributed by atoms with Crippen LogP contribution < -0.4 is 5.32 Å². The summed E-state index contributed by atoms with van der Waals surface area (Å²) in [6.45, 7) is 3.10. The summed E-state index contributed by atoms with van der Waals surface area (Å²) in [6, 6.07) is 14.5. The Morgan fingerprint density at radius 3 is 2.71 bits per heavy atom. The molecule has 3 heterocycles. The lowest BCUT2D eigenvalue weighted by Gasteiger charge is -2.26. The highest BCUT2D eigenvalue weighted by Crippen LogP contribution is 2.28. The van der Waals surface area contributed by atoms with Crippen molar-refractivity contribution in [2.45, 2.75) is 18.9 Å². The Bertz CT molecular complexity index is 750. The number of hydrogen-bond donors (Lipinski definition) is 1. The first-order valence-electron chi connectivity index (χ1n) is 8.30. The van der Waals surface area contributed by atoms with Gasteiger partial charge in [-0.25, -0.2) is 0 Å². The molecule has 3 aromatic rings. The second kappa shape index (κ2) is 7.15. The van der Waals surface area contributed by atoms with Gasteiger partial charge in [-0.15, -0.1) is 11.3 Å². The maximum atomic E-state index is 5.36. The van der Waals surface area contributed by atoms with Crippen LogP contribution in [0.4, 0.5) is 5.95 Å². The zero-order valence-corrected chi connectivity index (χ0v) is 14.2. The number of benzene rings is 1. The van der Waals surface area contributed by atoms with Gasteiger partial charge in [0.2, 0.25) is 0 Å². The predicted molar refractivity (Wildman–Crippen MR) is 96.1 cm³/mol. The molecule has 6 heteroatoms. The van der Waals surface area contributed by atoms with Gasteiger partial charge in [0.25, 0.3) is 11.8 Å². The minimum atomic E-state index is 0.367. The molecule has 0 aliphatic carbocycles. The van der Waals surface area contributed by atoms with Crippen LogP contribution in [0.3, 0.4) is 0 Å². The van der Waals surface area contributed by atoms with Crippen molar-refractivity contribution in [2.75, 3.05) is 25.0 Å². The number of hydrogen-bond acceptors (Lipinski definition) is 6. The molecule has 2 aromatic heterocycles. The van der Waals surface area contributed by atoms with E-state index in [1.54, 1.807) is 0 Å². The fourth-order valence-electron chi connectivity index (χ4n) is 3.13. The normalized spacial score (nSPS) is 16.3. The zero-order chi connectivity index (χ0) is 16.2. The summed E-state index contributed by atoms with van der Waals surface area (Å²) in [6.07, 6.45) is 2.56. The summed E-state index contributed by atoms with van der Waals surface area (Å²) in [4.78, 5) is 8.38. The van der Waals surface area contributed by atoms with Gasteiger partial charge in [0.15, 0.2) is 0 Å². The highest BCUT2D eigenvalue weighted by molar-refractivity contribution is 7.10. The second-order valence-electron chi connectivity index (χ2n) is 5.94. The Labute approximate surface area is 145 Å². The average Bonchev–Trinajstić information content (AvgIpc) is 3.39. The summed E-state index contributed by atoms with van der Waals surface area (Å²) in [5.41, 5.74) is 0.937. The number of anilines is 1. The Hall–Kier alpha value is -2.18. The van der Waals surface area contributed by atoms with E-state index in [2.05, 4.69) is 37.9 Å². The van der Waals surface area contributed by atoms with Crippen LogP contribution in [0, 0.1) is 0 Å². The Morgan fingerprint density at radius 1 is 1.12 bits per heavy atom. The molecular weight excluding hydrogens is 320 g/mol. The van der Waals surface area contributed by atoms with Crippen LogP contribution in [-0.2, 0) is 0 Å². The molecule has 0 radical (unpaired) electrons. The third-order valence-electron chi connectivity index (χ3n) is 4.35. The third-order valence-corrected chi connectivity index (χ3v) is 5.33. The van der Waals surface area contributed by atoms with Gasteiger partial charge in [0.05, 0.1) is 6.04 Å². The zero-order valence-electron chi connectivity index (χ0n) is 13.4. The molecule has 0 spiro atoms. The van der Waals surface area contributed by atoms with E-state index in [1.165, 1.54) is 17.7 Å². The van der Waals surface area contributed by atoms with Crippen LogP contribution >= 0.6 is 11.3 Å². The summed E-state index contributed by atoms with van der Waals surface area (Å²) < 4.78 is 5.36. The van der Waals surface area contributed by atoms with Gasteiger partial charge < -0.3 is 9.84 Å². The van der Waals surface area contributed by atoms with Crippen molar-refractivity contribution in [2.24, 2.45) is 0 Å². The highest BCUT2D eigenvalue weighted by Gasteiger charge is 2.24. The van der Waals surface area contributed by atoms with E-state index in [9.17, 15) is 0 Å². The van der Waals surface area contributed by atoms with Crippen molar-refractivity contribution in [3.63, 3.8) is 0 Å². The molecule has 1 fully saturated rings. The van der Waals surface area contributed by atoms with E-state index in [1.807, 2.05) is 41.7 Å². The summed E-state index contributed by atoms with van der Waals surface area (Å²) in [5, 5.41) is 9.55. The number of nitrogens with one attached hydrogen (secondary N) is 1. The number of thiophene rings is 1. The average molecular weight is 340 g/mol.